The van der Waals surface area contributed by atoms with E-state index in [1.807, 2.05) is 11.4 Å². The third-order valence-electron chi connectivity index (χ3n) is 3.15. The smallest absolute Gasteiger partial charge is 0.414 e. The quantitative estimate of drug-likeness (QED) is 0.392. The predicted octanol–water partition coefficient (Wildman–Crippen LogP) is 1.64. The van der Waals surface area contributed by atoms with Crippen LogP contribution in [0.4, 0.5) is 0 Å². The Bertz CT molecular complexity index is 717. The highest BCUT2D eigenvalue weighted by molar-refractivity contribution is 7.09. The second kappa shape index (κ2) is 11.8. The molecule has 0 spiro atoms. The summed E-state index contributed by atoms with van der Waals surface area (Å²) < 4.78 is 5.49. The summed E-state index contributed by atoms with van der Waals surface area (Å²) in [5.41, 5.74) is 0.653. The number of aliphatic hydroxyl groups is 1. The van der Waals surface area contributed by atoms with Gasteiger partial charge in [-0.1, -0.05) is 6.07 Å². The standard InChI is InChI=1S/C16H19NO3S.C2H2O4/c1-12(18)13-4-6-15(7-5-13)20-11-14(19)9-17-10-16-3-2-8-21-16;3-1(4)2(5)6/h2-8,14,17,19H,9-11H2,1H3;(H,3,4)(H,5,6). The number of aliphatic hydroxyl groups excluding tert-OH is 1. The first-order valence-electron chi connectivity index (χ1n) is 7.90. The summed E-state index contributed by atoms with van der Waals surface area (Å²) in [5.74, 6) is -2.97. The van der Waals surface area contributed by atoms with Crippen molar-refractivity contribution in [3.63, 3.8) is 0 Å². The predicted molar refractivity (Wildman–Crippen MR) is 99.2 cm³/mol. The molecule has 9 heteroatoms. The fourth-order valence-electron chi connectivity index (χ4n) is 1.81. The van der Waals surface area contributed by atoms with Gasteiger partial charge < -0.3 is 25.4 Å². The zero-order valence-corrected chi connectivity index (χ0v) is 15.4. The molecule has 1 heterocycles. The number of carboxylic acid groups (broad SMARTS) is 2. The first kappa shape index (κ1) is 22.3. The molecule has 8 nitrogen and oxygen atoms in total. The highest BCUT2D eigenvalue weighted by atomic mass is 32.1. The Balaban J connectivity index is 0.000000527. The van der Waals surface area contributed by atoms with Crippen LogP contribution in [0.5, 0.6) is 5.75 Å². The second-order valence-electron chi connectivity index (χ2n) is 5.37. The van der Waals surface area contributed by atoms with Crippen LogP contribution in [-0.2, 0) is 16.1 Å². The fourth-order valence-corrected chi connectivity index (χ4v) is 2.49. The molecule has 0 saturated carbocycles. The molecule has 1 unspecified atom stereocenters. The minimum atomic E-state index is -1.82. The van der Waals surface area contributed by atoms with Crippen LogP contribution in [0.1, 0.15) is 22.2 Å². The van der Waals surface area contributed by atoms with Crippen molar-refractivity contribution in [2.45, 2.75) is 19.6 Å². The molecule has 0 bridgehead atoms. The first-order chi connectivity index (χ1) is 12.8. The van der Waals surface area contributed by atoms with E-state index in [1.165, 1.54) is 11.8 Å². The number of hydrogen-bond donors (Lipinski definition) is 4. The zero-order valence-electron chi connectivity index (χ0n) is 14.6. The van der Waals surface area contributed by atoms with Crippen LogP contribution in [0.3, 0.4) is 0 Å². The average Bonchev–Trinajstić information content (AvgIpc) is 3.14. The molecule has 1 aromatic heterocycles. The van der Waals surface area contributed by atoms with Gasteiger partial charge >= 0.3 is 11.9 Å². The third-order valence-corrected chi connectivity index (χ3v) is 4.02. The SMILES string of the molecule is CC(=O)c1ccc(OCC(O)CNCc2cccs2)cc1.O=C(O)C(=O)O. The molecule has 4 N–H and O–H groups in total. The van der Waals surface area contributed by atoms with Gasteiger partial charge in [0.1, 0.15) is 18.5 Å². The van der Waals surface area contributed by atoms with Gasteiger partial charge in [-0.15, -0.1) is 11.3 Å². The van der Waals surface area contributed by atoms with Gasteiger partial charge in [-0.25, -0.2) is 9.59 Å². The number of rotatable bonds is 8. The highest BCUT2D eigenvalue weighted by Gasteiger charge is 2.06. The van der Waals surface area contributed by atoms with Gasteiger partial charge in [0.15, 0.2) is 5.78 Å². The number of nitrogens with one attached hydrogen (secondary N) is 1. The van der Waals surface area contributed by atoms with Gasteiger partial charge in [0.25, 0.3) is 0 Å². The van der Waals surface area contributed by atoms with E-state index in [0.29, 0.717) is 17.9 Å². The van der Waals surface area contributed by atoms with Crippen molar-refractivity contribution in [2.24, 2.45) is 0 Å². The summed E-state index contributed by atoms with van der Waals surface area (Å²) in [4.78, 5) is 30.6. The summed E-state index contributed by atoms with van der Waals surface area (Å²) in [6.45, 7) is 2.97. The van der Waals surface area contributed by atoms with Crippen LogP contribution in [0, 0.1) is 0 Å². The van der Waals surface area contributed by atoms with Crippen molar-refractivity contribution in [1.29, 1.82) is 0 Å². The number of ketones is 1. The summed E-state index contributed by atoms with van der Waals surface area (Å²) in [6, 6.07) is 11.0. The number of carboxylic acids is 2. The van der Waals surface area contributed by atoms with Gasteiger partial charge in [0, 0.05) is 23.5 Å². The van der Waals surface area contributed by atoms with Crippen LogP contribution in [0.15, 0.2) is 41.8 Å². The Morgan fingerprint density at radius 2 is 1.74 bits per heavy atom. The van der Waals surface area contributed by atoms with Crippen molar-refractivity contribution >= 4 is 29.1 Å². The van der Waals surface area contributed by atoms with E-state index in [2.05, 4.69) is 11.4 Å². The van der Waals surface area contributed by atoms with Crippen LogP contribution < -0.4 is 10.1 Å². The van der Waals surface area contributed by atoms with E-state index in [9.17, 15) is 9.90 Å². The lowest BCUT2D eigenvalue weighted by atomic mass is 10.1. The fraction of sp³-hybridized carbons (Fsp3) is 0.278. The van der Waals surface area contributed by atoms with Gasteiger partial charge in [0.2, 0.25) is 0 Å². The van der Waals surface area contributed by atoms with E-state index in [-0.39, 0.29) is 12.4 Å². The number of thiophene rings is 1. The van der Waals surface area contributed by atoms with E-state index < -0.39 is 18.0 Å². The van der Waals surface area contributed by atoms with Gasteiger partial charge in [-0.05, 0) is 42.6 Å². The second-order valence-corrected chi connectivity index (χ2v) is 6.40. The molecule has 0 aliphatic heterocycles. The molecule has 0 fully saturated rings. The number of aliphatic carboxylic acids is 2. The molecule has 146 valence electrons. The maximum Gasteiger partial charge on any atom is 0.414 e. The lowest BCUT2D eigenvalue weighted by Crippen LogP contribution is -2.30. The van der Waals surface area contributed by atoms with E-state index in [1.54, 1.807) is 35.6 Å². The molecule has 0 saturated heterocycles. The molecule has 1 aromatic carbocycles. The van der Waals surface area contributed by atoms with Crippen molar-refractivity contribution < 1.29 is 34.4 Å². The Kier molecular flexibility index (Phi) is 9.73. The van der Waals surface area contributed by atoms with Crippen molar-refractivity contribution in [3.8, 4) is 5.75 Å². The molecule has 0 aliphatic carbocycles. The number of ether oxygens (including phenoxy) is 1. The van der Waals surface area contributed by atoms with Crippen molar-refractivity contribution in [2.75, 3.05) is 13.2 Å². The van der Waals surface area contributed by atoms with E-state index >= 15 is 0 Å². The van der Waals surface area contributed by atoms with Gasteiger partial charge in [-0.2, -0.15) is 0 Å². The Morgan fingerprint density at radius 1 is 1.11 bits per heavy atom. The first-order valence-corrected chi connectivity index (χ1v) is 8.78. The molecule has 0 radical (unpaired) electrons. The summed E-state index contributed by atoms with van der Waals surface area (Å²) in [6.07, 6.45) is -0.572. The summed E-state index contributed by atoms with van der Waals surface area (Å²) in [5, 5.41) is 29.8. The van der Waals surface area contributed by atoms with Crippen LogP contribution >= 0.6 is 11.3 Å². The van der Waals surface area contributed by atoms with E-state index in [0.717, 1.165) is 6.54 Å². The monoisotopic (exact) mass is 395 g/mol. The van der Waals surface area contributed by atoms with Crippen molar-refractivity contribution in [3.05, 3.63) is 52.2 Å². The maximum atomic E-state index is 11.2. The summed E-state index contributed by atoms with van der Waals surface area (Å²) >= 11 is 1.69. The van der Waals surface area contributed by atoms with Crippen molar-refractivity contribution in [1.82, 2.24) is 5.32 Å². The average molecular weight is 395 g/mol. The minimum Gasteiger partial charge on any atom is -0.491 e. The van der Waals surface area contributed by atoms with Crippen LogP contribution in [0.2, 0.25) is 0 Å². The molecule has 2 aromatic rings. The molecule has 1 atom stereocenters. The maximum absolute atomic E-state index is 11.2. The van der Waals surface area contributed by atoms with Crippen LogP contribution in [0.25, 0.3) is 0 Å². The van der Waals surface area contributed by atoms with E-state index in [4.69, 9.17) is 24.5 Å². The topological polar surface area (TPSA) is 133 Å². The number of carbonyl (C=O) groups excluding carboxylic acids is 1. The Morgan fingerprint density at radius 3 is 2.22 bits per heavy atom. The largest absolute Gasteiger partial charge is 0.491 e. The minimum absolute atomic E-state index is 0.0272. The lowest BCUT2D eigenvalue weighted by Gasteiger charge is -2.13. The molecular formula is C18H21NO7S. The molecular weight excluding hydrogens is 374 g/mol. The highest BCUT2D eigenvalue weighted by Crippen LogP contribution is 2.13. The number of hydrogen-bond acceptors (Lipinski definition) is 7. The normalized spacial score (nSPS) is 11.0. The summed E-state index contributed by atoms with van der Waals surface area (Å²) in [7, 11) is 0. The number of benzene rings is 1. The Labute approximate surface area is 160 Å². The lowest BCUT2D eigenvalue weighted by molar-refractivity contribution is -0.159. The molecule has 27 heavy (non-hydrogen) atoms. The third kappa shape index (κ3) is 9.50. The molecule has 0 aliphatic rings. The number of carbonyl (C=O) groups is 3. The molecule has 2 rings (SSSR count). The Hall–Kier alpha value is -2.75. The van der Waals surface area contributed by atoms with Gasteiger partial charge in [0.05, 0.1) is 0 Å². The van der Waals surface area contributed by atoms with Crippen LogP contribution in [-0.4, -0.2) is 52.3 Å². The van der Waals surface area contributed by atoms with Gasteiger partial charge in [-0.3, -0.25) is 4.79 Å². The number of Topliss-reactive ketones (excluding diaryl/α,β-unsaturated/α-hetero) is 1. The molecule has 0 amide bonds. The zero-order chi connectivity index (χ0) is 20.2.